The third-order valence-corrected chi connectivity index (χ3v) is 3.57. The summed E-state index contributed by atoms with van der Waals surface area (Å²) in [5.74, 6) is 0.820. The lowest BCUT2D eigenvalue weighted by atomic mass is 10.1. The van der Waals surface area contributed by atoms with Gasteiger partial charge in [-0.1, -0.05) is 25.1 Å². The molecule has 2 aromatic rings. The Morgan fingerprint density at radius 1 is 1.18 bits per heavy atom. The zero-order valence-corrected chi connectivity index (χ0v) is 13.6. The number of hydrogen-bond acceptors (Lipinski definition) is 3. The summed E-state index contributed by atoms with van der Waals surface area (Å²) in [4.78, 5) is 12.5. The molecule has 1 aromatic carbocycles. The molecule has 0 aliphatic carbocycles. The van der Waals surface area contributed by atoms with Gasteiger partial charge in [0.25, 0.3) is 5.56 Å². The van der Waals surface area contributed by atoms with Crippen LogP contribution in [-0.4, -0.2) is 17.7 Å². The summed E-state index contributed by atoms with van der Waals surface area (Å²) in [5.41, 5.74) is 2.72. The molecule has 4 heteroatoms. The number of benzene rings is 1. The fourth-order valence-electron chi connectivity index (χ4n) is 2.42. The van der Waals surface area contributed by atoms with Crippen molar-refractivity contribution in [3.8, 4) is 17.0 Å². The van der Waals surface area contributed by atoms with Crippen LogP contribution in [-0.2, 0) is 13.6 Å². The van der Waals surface area contributed by atoms with E-state index in [1.807, 2.05) is 50.4 Å². The quantitative estimate of drug-likeness (QED) is 0.800. The van der Waals surface area contributed by atoms with Gasteiger partial charge in [0.1, 0.15) is 5.75 Å². The molecule has 0 amide bonds. The first-order chi connectivity index (χ1) is 10.7. The smallest absolute Gasteiger partial charge is 0.255 e. The molecule has 0 aliphatic heterocycles. The van der Waals surface area contributed by atoms with Crippen molar-refractivity contribution in [3.05, 3.63) is 52.3 Å². The number of pyridine rings is 1. The predicted octanol–water partition coefficient (Wildman–Crippen LogP) is 2.95. The van der Waals surface area contributed by atoms with Crippen molar-refractivity contribution in [1.29, 1.82) is 0 Å². The Bertz CT molecular complexity index is 677. The van der Waals surface area contributed by atoms with E-state index in [1.165, 1.54) is 0 Å². The van der Waals surface area contributed by atoms with E-state index < -0.39 is 0 Å². The average molecular weight is 300 g/mol. The van der Waals surface area contributed by atoms with Crippen LogP contribution < -0.4 is 15.6 Å². The first-order valence-electron chi connectivity index (χ1n) is 7.80. The lowest BCUT2D eigenvalue weighted by Crippen LogP contribution is -2.26. The van der Waals surface area contributed by atoms with Crippen molar-refractivity contribution in [3.63, 3.8) is 0 Å². The van der Waals surface area contributed by atoms with E-state index >= 15 is 0 Å². The fraction of sp³-hybridized carbons (Fsp3) is 0.389. The van der Waals surface area contributed by atoms with Gasteiger partial charge in [-0.05, 0) is 38.1 Å². The minimum atomic E-state index is 0.0444. The normalized spacial score (nSPS) is 10.7. The first-order valence-corrected chi connectivity index (χ1v) is 7.80. The molecule has 0 saturated carbocycles. The molecule has 0 aliphatic rings. The molecule has 22 heavy (non-hydrogen) atoms. The fourth-order valence-corrected chi connectivity index (χ4v) is 2.42. The van der Waals surface area contributed by atoms with Gasteiger partial charge in [0, 0.05) is 24.7 Å². The summed E-state index contributed by atoms with van der Waals surface area (Å²) in [6.45, 7) is 6.23. The number of nitrogens with one attached hydrogen (secondary N) is 1. The Labute approximate surface area is 131 Å². The van der Waals surface area contributed by atoms with Gasteiger partial charge < -0.3 is 14.6 Å². The Balaban J connectivity index is 2.31. The SMILES string of the molecule is CCCNCc1ccc(-c2cccc(OCC)c2)n(C)c1=O. The third kappa shape index (κ3) is 3.77. The van der Waals surface area contributed by atoms with E-state index in [9.17, 15) is 4.79 Å². The van der Waals surface area contributed by atoms with Crippen LogP contribution in [0.4, 0.5) is 0 Å². The Morgan fingerprint density at radius 2 is 2.00 bits per heavy atom. The number of nitrogens with zero attached hydrogens (tertiary/aromatic N) is 1. The molecule has 0 fully saturated rings. The van der Waals surface area contributed by atoms with E-state index in [1.54, 1.807) is 4.57 Å². The number of ether oxygens (including phenoxy) is 1. The van der Waals surface area contributed by atoms with Crippen LogP contribution >= 0.6 is 0 Å². The zero-order valence-electron chi connectivity index (χ0n) is 13.6. The molecule has 0 spiro atoms. The van der Waals surface area contributed by atoms with E-state index in [0.717, 1.165) is 35.5 Å². The van der Waals surface area contributed by atoms with Crippen LogP contribution in [0.3, 0.4) is 0 Å². The molecule has 0 bridgehead atoms. The monoisotopic (exact) mass is 300 g/mol. The highest BCUT2D eigenvalue weighted by Gasteiger charge is 2.08. The van der Waals surface area contributed by atoms with Crippen LogP contribution in [0.25, 0.3) is 11.3 Å². The first kappa shape index (κ1) is 16.3. The Morgan fingerprint density at radius 3 is 2.73 bits per heavy atom. The summed E-state index contributed by atoms with van der Waals surface area (Å²) in [6.07, 6.45) is 1.06. The highest BCUT2D eigenvalue weighted by atomic mass is 16.5. The average Bonchev–Trinajstić information content (AvgIpc) is 2.52. The van der Waals surface area contributed by atoms with Crippen molar-refractivity contribution >= 4 is 0 Å². The van der Waals surface area contributed by atoms with Gasteiger partial charge in [-0.15, -0.1) is 0 Å². The topological polar surface area (TPSA) is 43.3 Å². The minimum absolute atomic E-state index is 0.0444. The lowest BCUT2D eigenvalue weighted by molar-refractivity contribution is 0.340. The van der Waals surface area contributed by atoms with Crippen LogP contribution in [0, 0.1) is 0 Å². The highest BCUT2D eigenvalue weighted by molar-refractivity contribution is 5.61. The van der Waals surface area contributed by atoms with E-state index in [0.29, 0.717) is 13.2 Å². The van der Waals surface area contributed by atoms with Crippen LogP contribution in [0.15, 0.2) is 41.2 Å². The van der Waals surface area contributed by atoms with Gasteiger partial charge in [-0.3, -0.25) is 4.79 Å². The molecule has 1 heterocycles. The maximum absolute atomic E-state index is 12.5. The maximum Gasteiger partial charge on any atom is 0.255 e. The van der Waals surface area contributed by atoms with Crippen molar-refractivity contribution in [2.45, 2.75) is 26.8 Å². The standard InChI is InChI=1S/C18H24N2O2/c1-4-11-19-13-15-9-10-17(20(3)18(15)21)14-7-6-8-16(12-14)22-5-2/h6-10,12,19H,4-5,11,13H2,1-3H3. The molecule has 1 N–H and O–H groups in total. The number of aromatic nitrogens is 1. The number of rotatable bonds is 7. The second-order valence-electron chi connectivity index (χ2n) is 5.25. The summed E-state index contributed by atoms with van der Waals surface area (Å²) >= 11 is 0. The van der Waals surface area contributed by atoms with Gasteiger partial charge in [-0.25, -0.2) is 0 Å². The van der Waals surface area contributed by atoms with Gasteiger partial charge in [-0.2, -0.15) is 0 Å². The summed E-state index contributed by atoms with van der Waals surface area (Å²) < 4.78 is 7.23. The molecule has 1 aromatic heterocycles. The number of hydrogen-bond donors (Lipinski definition) is 1. The second-order valence-corrected chi connectivity index (χ2v) is 5.25. The molecule has 118 valence electrons. The molecule has 4 nitrogen and oxygen atoms in total. The largest absolute Gasteiger partial charge is 0.494 e. The van der Waals surface area contributed by atoms with Gasteiger partial charge >= 0.3 is 0 Å². The van der Waals surface area contributed by atoms with Gasteiger partial charge in [0.15, 0.2) is 0 Å². The molecular weight excluding hydrogens is 276 g/mol. The van der Waals surface area contributed by atoms with Crippen molar-refractivity contribution < 1.29 is 4.74 Å². The van der Waals surface area contributed by atoms with Gasteiger partial charge in [0.05, 0.1) is 12.3 Å². The van der Waals surface area contributed by atoms with Crippen LogP contribution in [0.1, 0.15) is 25.8 Å². The maximum atomic E-state index is 12.5. The van der Waals surface area contributed by atoms with Crippen LogP contribution in [0.2, 0.25) is 0 Å². The second kappa shape index (κ2) is 7.80. The molecule has 2 rings (SSSR count). The van der Waals surface area contributed by atoms with Crippen molar-refractivity contribution in [1.82, 2.24) is 9.88 Å². The van der Waals surface area contributed by atoms with Crippen molar-refractivity contribution in [2.75, 3.05) is 13.2 Å². The highest BCUT2D eigenvalue weighted by Crippen LogP contribution is 2.22. The van der Waals surface area contributed by atoms with Crippen molar-refractivity contribution in [2.24, 2.45) is 7.05 Å². The van der Waals surface area contributed by atoms with E-state index in [-0.39, 0.29) is 5.56 Å². The molecule has 0 atom stereocenters. The zero-order chi connectivity index (χ0) is 15.9. The van der Waals surface area contributed by atoms with Crippen LogP contribution in [0.5, 0.6) is 5.75 Å². The Kier molecular flexibility index (Phi) is 5.78. The predicted molar refractivity (Wildman–Crippen MR) is 90.3 cm³/mol. The summed E-state index contributed by atoms with van der Waals surface area (Å²) in [6, 6.07) is 11.7. The minimum Gasteiger partial charge on any atom is -0.494 e. The summed E-state index contributed by atoms with van der Waals surface area (Å²) in [5, 5.41) is 3.27. The van der Waals surface area contributed by atoms with Gasteiger partial charge in [0.2, 0.25) is 0 Å². The summed E-state index contributed by atoms with van der Waals surface area (Å²) in [7, 11) is 1.81. The molecule has 0 radical (unpaired) electrons. The third-order valence-electron chi connectivity index (χ3n) is 3.57. The molecule has 0 saturated heterocycles. The van der Waals surface area contributed by atoms with E-state index in [4.69, 9.17) is 4.74 Å². The molecule has 0 unspecified atom stereocenters. The lowest BCUT2D eigenvalue weighted by Gasteiger charge is -2.12. The van der Waals surface area contributed by atoms with E-state index in [2.05, 4.69) is 12.2 Å². The molecular formula is C18H24N2O2. The Hall–Kier alpha value is -2.07.